The molecule has 1 aliphatic carbocycles. The maximum absolute atomic E-state index is 12.2. The third-order valence-corrected chi connectivity index (χ3v) is 7.05. The largest absolute Gasteiger partial charge is 0.444 e. The fraction of sp³-hybridized carbons (Fsp3) is 0.471. The zero-order valence-corrected chi connectivity index (χ0v) is 28.1. The molecule has 0 bridgehead atoms. The Kier molecular flexibility index (Phi) is 11.6. The van der Waals surface area contributed by atoms with Crippen molar-refractivity contribution in [3.63, 3.8) is 0 Å². The highest BCUT2D eigenvalue weighted by Gasteiger charge is 2.21. The molecule has 1 aromatic carbocycles. The van der Waals surface area contributed by atoms with Crippen LogP contribution in [0.4, 0.5) is 21.4 Å². The van der Waals surface area contributed by atoms with E-state index in [1.165, 1.54) is 19.3 Å². The second-order valence-electron chi connectivity index (χ2n) is 13.4. The van der Waals surface area contributed by atoms with Crippen LogP contribution in [0.2, 0.25) is 0 Å². The summed E-state index contributed by atoms with van der Waals surface area (Å²) in [4.78, 5) is 41.0. The molecule has 0 aliphatic heterocycles. The standard InChI is InChI=1S/C23H26N8O2.C11H21NO2/c1-23(2,3)33-22(32)28-13-17(15-7-5-4-6-8-15)30-21-26-10-9-16(29-21)18-14-27-20-19(24)25-11-12-31(18)20;1-11(2,3)14-10(13)12-9-7-5-4-6-8-9/h4-12,14,17H,13H2,1-3H3,(H2,24,25)(H,28,32)(H,26,29,30);9H,4-8H2,1-3H3,(H,12,13). The number of aromatic nitrogens is 5. The Morgan fingerprint density at radius 3 is 2.28 bits per heavy atom. The summed E-state index contributed by atoms with van der Waals surface area (Å²) in [6, 6.07) is 11.6. The Hall–Kier alpha value is -4.94. The lowest BCUT2D eigenvalue weighted by atomic mass is 9.96. The van der Waals surface area contributed by atoms with Crippen LogP contribution in [0.5, 0.6) is 0 Å². The molecule has 1 saturated carbocycles. The van der Waals surface area contributed by atoms with Crippen LogP contribution in [0.15, 0.2) is 61.2 Å². The highest BCUT2D eigenvalue weighted by molar-refractivity contribution is 5.69. The number of anilines is 2. The molecule has 3 heterocycles. The molecule has 4 aromatic rings. The van der Waals surface area contributed by atoms with E-state index in [0.717, 1.165) is 24.1 Å². The molecule has 13 heteroatoms. The van der Waals surface area contributed by atoms with E-state index in [4.69, 9.17) is 15.2 Å². The van der Waals surface area contributed by atoms with E-state index in [0.29, 0.717) is 29.1 Å². The number of benzene rings is 1. The van der Waals surface area contributed by atoms with Gasteiger partial charge in [-0.1, -0.05) is 49.6 Å². The minimum Gasteiger partial charge on any atom is -0.444 e. The van der Waals surface area contributed by atoms with Gasteiger partial charge in [0.1, 0.15) is 11.2 Å². The van der Waals surface area contributed by atoms with Gasteiger partial charge in [0.25, 0.3) is 0 Å². The molecule has 5 N–H and O–H groups in total. The Labute approximate surface area is 276 Å². The number of nitrogens with zero attached hydrogens (tertiary/aromatic N) is 5. The number of carbonyl (C=O) groups is 2. The zero-order chi connectivity index (χ0) is 34.0. The number of alkyl carbamates (subject to hydrolysis) is 2. The summed E-state index contributed by atoms with van der Waals surface area (Å²) >= 11 is 0. The number of imidazole rings is 1. The molecular weight excluding hydrogens is 598 g/mol. The van der Waals surface area contributed by atoms with E-state index in [1.807, 2.05) is 76.3 Å². The van der Waals surface area contributed by atoms with Crippen LogP contribution in [0.1, 0.15) is 85.3 Å². The first-order valence-electron chi connectivity index (χ1n) is 16.0. The molecule has 47 heavy (non-hydrogen) atoms. The summed E-state index contributed by atoms with van der Waals surface area (Å²) in [5.41, 5.74) is 7.90. The number of fused-ring (bicyclic) bond motifs is 1. The fourth-order valence-corrected chi connectivity index (χ4v) is 5.01. The van der Waals surface area contributed by atoms with Crippen LogP contribution in [0.25, 0.3) is 17.0 Å². The van der Waals surface area contributed by atoms with Crippen LogP contribution >= 0.6 is 0 Å². The second kappa shape index (κ2) is 15.6. The molecule has 3 aromatic heterocycles. The summed E-state index contributed by atoms with van der Waals surface area (Å²) < 4.78 is 12.4. The number of rotatable bonds is 7. The lowest BCUT2D eigenvalue weighted by Gasteiger charge is -2.25. The first-order chi connectivity index (χ1) is 22.3. The van der Waals surface area contributed by atoms with Crippen LogP contribution in [0.3, 0.4) is 0 Å². The first kappa shape index (κ1) is 34.9. The lowest BCUT2D eigenvalue weighted by molar-refractivity contribution is 0.0489. The number of hydrogen-bond acceptors (Lipinski definition) is 10. The monoisotopic (exact) mass is 645 g/mol. The maximum atomic E-state index is 12.2. The van der Waals surface area contributed by atoms with Crippen molar-refractivity contribution >= 4 is 29.6 Å². The van der Waals surface area contributed by atoms with Gasteiger partial charge in [-0.25, -0.2) is 29.5 Å². The number of nitrogen functional groups attached to an aromatic ring is 1. The predicted molar refractivity (Wildman–Crippen MR) is 182 cm³/mol. The Morgan fingerprint density at radius 1 is 0.915 bits per heavy atom. The highest BCUT2D eigenvalue weighted by Crippen LogP contribution is 2.23. The first-order valence-corrected chi connectivity index (χ1v) is 16.0. The minimum absolute atomic E-state index is 0.274. The lowest BCUT2D eigenvalue weighted by Crippen LogP contribution is -2.39. The molecule has 0 spiro atoms. The van der Waals surface area contributed by atoms with E-state index in [1.54, 1.807) is 30.9 Å². The molecule has 0 radical (unpaired) electrons. The van der Waals surface area contributed by atoms with Gasteiger partial charge in [-0.2, -0.15) is 0 Å². The van der Waals surface area contributed by atoms with E-state index in [-0.39, 0.29) is 18.7 Å². The topological polar surface area (TPSA) is 171 Å². The Morgan fingerprint density at radius 2 is 1.60 bits per heavy atom. The fourth-order valence-electron chi connectivity index (χ4n) is 5.01. The van der Waals surface area contributed by atoms with Crippen molar-refractivity contribution in [3.05, 3.63) is 66.7 Å². The SMILES string of the molecule is CC(C)(C)OC(=O)NC1CCCCC1.CC(C)(C)OC(=O)NCC(Nc1nccc(-c2cnc3c(N)nccn23)n1)c1ccccc1. The average Bonchev–Trinajstić information content (AvgIpc) is 3.45. The highest BCUT2D eigenvalue weighted by atomic mass is 16.6. The van der Waals surface area contributed by atoms with Crippen molar-refractivity contribution < 1.29 is 19.1 Å². The maximum Gasteiger partial charge on any atom is 0.407 e. The van der Waals surface area contributed by atoms with Gasteiger partial charge >= 0.3 is 12.2 Å². The third kappa shape index (κ3) is 11.1. The molecule has 5 rings (SSSR count). The summed E-state index contributed by atoms with van der Waals surface area (Å²) in [6.45, 7) is 11.4. The summed E-state index contributed by atoms with van der Waals surface area (Å²) in [5.74, 6) is 0.748. The van der Waals surface area contributed by atoms with Crippen molar-refractivity contribution in [1.29, 1.82) is 0 Å². The molecule has 1 unspecified atom stereocenters. The number of ether oxygens (including phenoxy) is 2. The zero-order valence-electron chi connectivity index (χ0n) is 28.1. The van der Waals surface area contributed by atoms with Gasteiger partial charge in [0.2, 0.25) is 5.95 Å². The van der Waals surface area contributed by atoms with E-state index in [9.17, 15) is 9.59 Å². The summed E-state index contributed by atoms with van der Waals surface area (Å²) in [7, 11) is 0. The van der Waals surface area contributed by atoms with Crippen molar-refractivity contribution in [1.82, 2.24) is 35.0 Å². The molecular formula is C34H47N9O4. The van der Waals surface area contributed by atoms with Gasteiger partial charge in [-0.15, -0.1) is 0 Å². The number of nitrogens with one attached hydrogen (secondary N) is 3. The van der Waals surface area contributed by atoms with Gasteiger partial charge in [-0.05, 0) is 66.0 Å². The normalized spacial score (nSPS) is 14.3. The molecule has 13 nitrogen and oxygen atoms in total. The minimum atomic E-state index is -0.579. The van der Waals surface area contributed by atoms with Crippen molar-refractivity contribution in [2.75, 3.05) is 17.6 Å². The number of nitrogens with two attached hydrogens (primary N) is 1. The van der Waals surface area contributed by atoms with Gasteiger partial charge in [0.15, 0.2) is 11.5 Å². The van der Waals surface area contributed by atoms with E-state index < -0.39 is 17.3 Å². The van der Waals surface area contributed by atoms with E-state index in [2.05, 4.69) is 35.9 Å². The molecule has 2 amide bonds. The molecule has 252 valence electrons. The molecule has 1 atom stereocenters. The van der Waals surface area contributed by atoms with Crippen LogP contribution in [0, 0.1) is 0 Å². The molecule has 1 aliphatic rings. The number of carbonyl (C=O) groups excluding carboxylic acids is 2. The second-order valence-corrected chi connectivity index (χ2v) is 13.4. The predicted octanol–water partition coefficient (Wildman–Crippen LogP) is 6.29. The smallest absolute Gasteiger partial charge is 0.407 e. The number of amides is 2. The number of hydrogen-bond donors (Lipinski definition) is 4. The quantitative estimate of drug-likeness (QED) is 0.179. The van der Waals surface area contributed by atoms with Crippen LogP contribution in [-0.2, 0) is 9.47 Å². The Bertz CT molecular complexity index is 1610. The molecule has 1 fully saturated rings. The van der Waals surface area contributed by atoms with Crippen LogP contribution in [-0.4, -0.2) is 60.3 Å². The van der Waals surface area contributed by atoms with Crippen molar-refractivity contribution in [3.8, 4) is 11.4 Å². The van der Waals surface area contributed by atoms with E-state index >= 15 is 0 Å². The van der Waals surface area contributed by atoms with Gasteiger partial charge in [0, 0.05) is 31.2 Å². The Balaban J connectivity index is 0.000000300. The summed E-state index contributed by atoms with van der Waals surface area (Å²) in [5, 5.41) is 9.05. The van der Waals surface area contributed by atoms with Crippen molar-refractivity contribution in [2.24, 2.45) is 0 Å². The summed E-state index contributed by atoms with van der Waals surface area (Å²) in [6.07, 6.45) is 11.9. The van der Waals surface area contributed by atoms with Gasteiger partial charge in [-0.3, -0.25) is 4.40 Å². The van der Waals surface area contributed by atoms with Crippen LogP contribution < -0.4 is 21.7 Å². The van der Waals surface area contributed by atoms with Gasteiger partial charge in [0.05, 0.1) is 23.6 Å². The van der Waals surface area contributed by atoms with Crippen molar-refractivity contribution in [2.45, 2.75) is 96.9 Å². The molecule has 0 saturated heterocycles. The van der Waals surface area contributed by atoms with Gasteiger partial charge < -0.3 is 31.2 Å². The third-order valence-electron chi connectivity index (χ3n) is 7.05. The average molecular weight is 646 g/mol.